The molecule has 1 N–H and O–H groups in total. The number of halogens is 4. The van der Waals surface area contributed by atoms with Crippen molar-refractivity contribution in [3.63, 3.8) is 0 Å². The van der Waals surface area contributed by atoms with Gasteiger partial charge >= 0.3 is 0 Å². The maximum absolute atomic E-state index is 14.5. The first-order valence-corrected chi connectivity index (χ1v) is 16.9. The highest BCUT2D eigenvalue weighted by molar-refractivity contribution is 7.92. The Morgan fingerprint density at radius 1 is 0.804 bits per heavy atom. The molecule has 4 rings (SSSR count). The van der Waals surface area contributed by atoms with E-state index in [4.69, 9.17) is 34.8 Å². The highest BCUT2D eigenvalue weighted by Gasteiger charge is 2.36. The van der Waals surface area contributed by atoms with E-state index >= 15 is 0 Å². The van der Waals surface area contributed by atoms with Crippen LogP contribution in [0.25, 0.3) is 0 Å². The molecule has 46 heavy (non-hydrogen) atoms. The van der Waals surface area contributed by atoms with E-state index in [1.165, 1.54) is 23.1 Å². The summed E-state index contributed by atoms with van der Waals surface area (Å²) in [7, 11) is -4.37. The number of hydrogen-bond acceptors (Lipinski definition) is 4. The minimum absolute atomic E-state index is 0.0307. The van der Waals surface area contributed by atoms with Gasteiger partial charge in [0.05, 0.1) is 25.7 Å². The average Bonchev–Trinajstić information content (AvgIpc) is 3.00. The minimum Gasteiger partial charge on any atom is -0.350 e. The van der Waals surface area contributed by atoms with Crippen LogP contribution in [0.2, 0.25) is 15.1 Å². The van der Waals surface area contributed by atoms with Crippen LogP contribution in [-0.4, -0.2) is 43.3 Å². The van der Waals surface area contributed by atoms with Crippen molar-refractivity contribution in [1.82, 2.24) is 10.2 Å². The van der Waals surface area contributed by atoms with Crippen LogP contribution in [-0.2, 0) is 32.6 Å². The summed E-state index contributed by atoms with van der Waals surface area (Å²) >= 11 is 18.5. The number of carbonyl (C=O) groups excluding carboxylic acids is 2. The van der Waals surface area contributed by atoms with E-state index in [9.17, 15) is 22.4 Å². The Bertz CT molecular complexity index is 1800. The van der Waals surface area contributed by atoms with Gasteiger partial charge in [-0.2, -0.15) is 0 Å². The largest absolute Gasteiger partial charge is 0.350 e. The van der Waals surface area contributed by atoms with Gasteiger partial charge in [0.1, 0.15) is 18.4 Å². The summed E-state index contributed by atoms with van der Waals surface area (Å²) < 4.78 is 43.1. The first kappa shape index (κ1) is 35.2. The Morgan fingerprint density at radius 2 is 1.43 bits per heavy atom. The number of nitrogens with one attached hydrogen (secondary N) is 1. The lowest BCUT2D eigenvalue weighted by atomic mass is 10.0. The lowest BCUT2D eigenvalue weighted by Gasteiger charge is -2.35. The molecule has 0 saturated carbocycles. The molecule has 0 heterocycles. The fraction of sp³-hybridized carbons (Fsp3) is 0.235. The van der Waals surface area contributed by atoms with Gasteiger partial charge in [0.25, 0.3) is 10.0 Å². The topological polar surface area (TPSA) is 86.8 Å². The summed E-state index contributed by atoms with van der Waals surface area (Å²) in [4.78, 5) is 29.7. The normalized spacial score (nSPS) is 12.3. The van der Waals surface area contributed by atoms with Gasteiger partial charge in [-0.1, -0.05) is 89.4 Å². The number of hydrogen-bond donors (Lipinski definition) is 1. The second-order valence-corrected chi connectivity index (χ2v) is 14.7. The summed E-state index contributed by atoms with van der Waals surface area (Å²) in [5, 5.41) is 3.20. The molecule has 4 aromatic rings. The maximum atomic E-state index is 14.5. The van der Waals surface area contributed by atoms with Gasteiger partial charge < -0.3 is 10.2 Å². The molecule has 0 aromatic heterocycles. The van der Waals surface area contributed by atoms with E-state index in [2.05, 4.69) is 5.32 Å². The van der Waals surface area contributed by atoms with Crippen molar-refractivity contribution in [2.75, 3.05) is 10.8 Å². The van der Waals surface area contributed by atoms with E-state index in [0.29, 0.717) is 10.6 Å². The predicted octanol–water partition coefficient (Wildman–Crippen LogP) is 7.54. The molecule has 1 atom stereocenters. The summed E-state index contributed by atoms with van der Waals surface area (Å²) in [6.45, 7) is 4.63. The third-order valence-corrected chi connectivity index (χ3v) is 9.72. The molecular formula is C34H33Cl3FN3O4S. The van der Waals surface area contributed by atoms with Crippen LogP contribution in [0.1, 0.15) is 31.9 Å². The maximum Gasteiger partial charge on any atom is 0.264 e. The van der Waals surface area contributed by atoms with Crippen LogP contribution >= 0.6 is 34.8 Å². The zero-order valence-corrected chi connectivity index (χ0v) is 28.5. The molecule has 2 amide bonds. The van der Waals surface area contributed by atoms with Gasteiger partial charge in [0.15, 0.2) is 0 Å². The van der Waals surface area contributed by atoms with Crippen LogP contribution in [0.3, 0.4) is 0 Å². The molecule has 12 heteroatoms. The van der Waals surface area contributed by atoms with Crippen molar-refractivity contribution in [3.8, 4) is 0 Å². The second-order valence-electron chi connectivity index (χ2n) is 11.6. The first-order chi connectivity index (χ1) is 21.7. The van der Waals surface area contributed by atoms with Crippen LogP contribution in [0.4, 0.5) is 10.1 Å². The van der Waals surface area contributed by atoms with Gasteiger partial charge in [-0.25, -0.2) is 12.8 Å². The van der Waals surface area contributed by atoms with Crippen LogP contribution in [0.5, 0.6) is 0 Å². The Hall–Kier alpha value is -3.63. The van der Waals surface area contributed by atoms with E-state index in [0.717, 1.165) is 22.0 Å². The number of anilines is 1. The monoisotopic (exact) mass is 703 g/mol. The second kappa shape index (κ2) is 14.9. The molecule has 7 nitrogen and oxygen atoms in total. The predicted molar refractivity (Wildman–Crippen MR) is 181 cm³/mol. The Labute approximate surface area is 283 Å². The zero-order chi connectivity index (χ0) is 33.6. The standard InChI is InChI=1S/C34H33Cl3FN3O4S/c1-34(2,3)39-33(43)31(19-23-10-6-4-7-11-23)40(21-24-14-16-27(35)28(36)18-24)32(42)22-41(25-15-17-30(38)29(37)20-25)46(44,45)26-12-8-5-9-13-26/h4-18,20,31H,19,21-22H2,1-3H3,(H,39,43). The molecule has 1 unspecified atom stereocenters. The fourth-order valence-electron chi connectivity index (χ4n) is 4.73. The van der Waals surface area contributed by atoms with E-state index < -0.39 is 45.8 Å². The SMILES string of the molecule is CC(C)(C)NC(=O)C(Cc1ccccc1)N(Cc1ccc(Cl)c(Cl)c1)C(=O)CN(c1ccc(F)c(Cl)c1)S(=O)(=O)c1ccccc1. The van der Waals surface area contributed by atoms with Gasteiger partial charge in [-0.05, 0) is 74.4 Å². The number of nitrogens with zero attached hydrogens (tertiary/aromatic N) is 2. The molecule has 0 radical (unpaired) electrons. The molecule has 0 aliphatic carbocycles. The zero-order valence-electron chi connectivity index (χ0n) is 25.4. The van der Waals surface area contributed by atoms with Gasteiger partial charge in [-0.3, -0.25) is 13.9 Å². The first-order valence-electron chi connectivity index (χ1n) is 14.3. The third-order valence-electron chi connectivity index (χ3n) is 6.91. The molecule has 0 saturated heterocycles. The highest BCUT2D eigenvalue weighted by Crippen LogP contribution is 2.29. The van der Waals surface area contributed by atoms with Crippen LogP contribution < -0.4 is 9.62 Å². The summed E-state index contributed by atoms with van der Waals surface area (Å²) in [6, 6.07) is 23.9. The molecule has 0 fully saturated rings. The highest BCUT2D eigenvalue weighted by atomic mass is 35.5. The molecule has 0 bridgehead atoms. The Kier molecular flexibility index (Phi) is 11.4. The molecule has 0 aliphatic rings. The smallest absolute Gasteiger partial charge is 0.264 e. The van der Waals surface area contributed by atoms with E-state index in [1.54, 1.807) is 36.4 Å². The van der Waals surface area contributed by atoms with Crippen molar-refractivity contribution in [3.05, 3.63) is 129 Å². The summed E-state index contributed by atoms with van der Waals surface area (Å²) in [6.07, 6.45) is 0.129. The number of benzene rings is 4. The quantitative estimate of drug-likeness (QED) is 0.175. The lowest BCUT2D eigenvalue weighted by molar-refractivity contribution is -0.140. The molecular weight excluding hydrogens is 672 g/mol. The van der Waals surface area contributed by atoms with Gasteiger partial charge in [0.2, 0.25) is 11.8 Å². The van der Waals surface area contributed by atoms with Gasteiger partial charge in [0, 0.05) is 18.5 Å². The minimum atomic E-state index is -4.37. The molecule has 0 aliphatic heterocycles. The molecule has 0 spiro atoms. The number of carbonyl (C=O) groups is 2. The van der Waals surface area contributed by atoms with E-state index in [-0.39, 0.29) is 33.6 Å². The van der Waals surface area contributed by atoms with Crippen molar-refractivity contribution in [2.24, 2.45) is 0 Å². The fourth-order valence-corrected chi connectivity index (χ4v) is 6.65. The Balaban J connectivity index is 1.84. The number of amides is 2. The summed E-state index contributed by atoms with van der Waals surface area (Å²) in [5.74, 6) is -1.89. The number of rotatable bonds is 11. The average molecular weight is 705 g/mol. The van der Waals surface area contributed by atoms with Gasteiger partial charge in [-0.15, -0.1) is 0 Å². The number of sulfonamides is 1. The Morgan fingerprint density at radius 3 is 2.02 bits per heavy atom. The van der Waals surface area contributed by atoms with Crippen molar-refractivity contribution in [2.45, 2.75) is 50.2 Å². The van der Waals surface area contributed by atoms with Crippen LogP contribution in [0.15, 0.2) is 102 Å². The van der Waals surface area contributed by atoms with Crippen molar-refractivity contribution < 1.29 is 22.4 Å². The van der Waals surface area contributed by atoms with E-state index in [1.807, 2.05) is 51.1 Å². The third kappa shape index (κ3) is 9.00. The van der Waals surface area contributed by atoms with Crippen molar-refractivity contribution >= 4 is 62.3 Å². The lowest BCUT2D eigenvalue weighted by Crippen LogP contribution is -2.56. The molecule has 4 aromatic carbocycles. The summed E-state index contributed by atoms with van der Waals surface area (Å²) in [5.41, 5.74) is 0.670. The van der Waals surface area contributed by atoms with Crippen molar-refractivity contribution in [1.29, 1.82) is 0 Å². The molecule has 242 valence electrons. The van der Waals surface area contributed by atoms with Crippen LogP contribution in [0, 0.1) is 5.82 Å².